The monoisotopic (exact) mass is 455 g/mol. The number of carbonyl (C=O) groups excluding carboxylic acids is 2. The Morgan fingerprint density at radius 3 is 1.89 bits per heavy atom. The standard InChI is InChI=1S/C22H34BrNO2S/c1-3-5-7-9-11-13-15-17(14-12-10-8-6-4-2)24-21(25)18-16-27-20(23)19(18)22(24)26/h16-17H,3-15H2,1-2H3. The Morgan fingerprint density at radius 2 is 1.37 bits per heavy atom. The minimum absolute atomic E-state index is 0.0575. The normalized spacial score (nSPS) is 14.9. The van der Waals surface area contributed by atoms with Gasteiger partial charge in [0, 0.05) is 11.4 Å². The Kier molecular flexibility index (Phi) is 10.1. The van der Waals surface area contributed by atoms with Crippen molar-refractivity contribution in [3.63, 3.8) is 0 Å². The van der Waals surface area contributed by atoms with Crippen LogP contribution in [-0.4, -0.2) is 22.8 Å². The van der Waals surface area contributed by atoms with Crippen molar-refractivity contribution in [2.24, 2.45) is 0 Å². The van der Waals surface area contributed by atoms with Gasteiger partial charge in [-0.1, -0.05) is 84.5 Å². The zero-order chi connectivity index (χ0) is 19.6. The molecule has 0 aromatic carbocycles. The SMILES string of the molecule is CCCCCCCCC(CCCCCCC)N1C(=O)c2csc(Br)c2C1=O. The predicted octanol–water partition coefficient (Wildman–Crippen LogP) is 7.59. The maximum absolute atomic E-state index is 12.9. The average molecular weight is 456 g/mol. The van der Waals surface area contributed by atoms with Gasteiger partial charge in [0.15, 0.2) is 0 Å². The molecular formula is C22H34BrNO2S. The van der Waals surface area contributed by atoms with Crippen molar-refractivity contribution in [2.75, 3.05) is 0 Å². The van der Waals surface area contributed by atoms with E-state index >= 15 is 0 Å². The molecule has 2 amide bonds. The zero-order valence-electron chi connectivity index (χ0n) is 16.9. The van der Waals surface area contributed by atoms with Gasteiger partial charge in [-0.25, -0.2) is 0 Å². The molecule has 0 fully saturated rings. The van der Waals surface area contributed by atoms with E-state index in [9.17, 15) is 9.59 Å². The van der Waals surface area contributed by atoms with E-state index in [-0.39, 0.29) is 17.9 Å². The van der Waals surface area contributed by atoms with Gasteiger partial charge in [0.25, 0.3) is 11.8 Å². The van der Waals surface area contributed by atoms with E-state index in [1.807, 2.05) is 5.38 Å². The molecule has 1 aromatic heterocycles. The molecule has 0 bridgehead atoms. The molecule has 5 heteroatoms. The highest BCUT2D eigenvalue weighted by Crippen LogP contribution is 2.37. The lowest BCUT2D eigenvalue weighted by atomic mass is 9.99. The first kappa shape index (κ1) is 22.6. The highest BCUT2D eigenvalue weighted by molar-refractivity contribution is 9.11. The number of hydrogen-bond acceptors (Lipinski definition) is 3. The lowest BCUT2D eigenvalue weighted by Crippen LogP contribution is -2.40. The van der Waals surface area contributed by atoms with Crippen molar-refractivity contribution in [1.82, 2.24) is 4.90 Å². The van der Waals surface area contributed by atoms with Crippen LogP contribution in [-0.2, 0) is 0 Å². The third-order valence-electron chi connectivity index (χ3n) is 5.52. The number of rotatable bonds is 14. The van der Waals surface area contributed by atoms with Crippen LogP contribution in [0.15, 0.2) is 9.17 Å². The van der Waals surface area contributed by atoms with Crippen molar-refractivity contribution >= 4 is 39.1 Å². The molecule has 0 saturated carbocycles. The van der Waals surface area contributed by atoms with Gasteiger partial charge >= 0.3 is 0 Å². The number of halogens is 1. The fourth-order valence-corrected chi connectivity index (χ4v) is 5.33. The summed E-state index contributed by atoms with van der Waals surface area (Å²) in [7, 11) is 0. The van der Waals surface area contributed by atoms with Crippen molar-refractivity contribution < 1.29 is 9.59 Å². The molecule has 0 aliphatic carbocycles. The molecule has 1 aliphatic heterocycles. The molecule has 0 N–H and O–H groups in total. The topological polar surface area (TPSA) is 37.4 Å². The lowest BCUT2D eigenvalue weighted by Gasteiger charge is -2.26. The van der Waals surface area contributed by atoms with Crippen molar-refractivity contribution in [3.05, 3.63) is 20.3 Å². The van der Waals surface area contributed by atoms with Gasteiger partial charge in [0.2, 0.25) is 0 Å². The zero-order valence-corrected chi connectivity index (χ0v) is 19.3. The van der Waals surface area contributed by atoms with Crippen molar-refractivity contribution in [1.29, 1.82) is 0 Å². The number of unbranched alkanes of at least 4 members (excludes halogenated alkanes) is 9. The van der Waals surface area contributed by atoms with Crippen LogP contribution in [0.3, 0.4) is 0 Å². The van der Waals surface area contributed by atoms with Crippen LogP contribution in [0.2, 0.25) is 0 Å². The highest BCUT2D eigenvalue weighted by atomic mass is 79.9. The first-order chi connectivity index (χ1) is 13.1. The van der Waals surface area contributed by atoms with Crippen LogP contribution in [0.4, 0.5) is 0 Å². The molecule has 0 spiro atoms. The number of carbonyl (C=O) groups is 2. The third-order valence-corrected chi connectivity index (χ3v) is 7.25. The summed E-state index contributed by atoms with van der Waals surface area (Å²) < 4.78 is 0.791. The number of amides is 2. The van der Waals surface area contributed by atoms with Crippen molar-refractivity contribution in [2.45, 2.75) is 103 Å². The highest BCUT2D eigenvalue weighted by Gasteiger charge is 2.41. The van der Waals surface area contributed by atoms with Gasteiger partial charge in [-0.3, -0.25) is 14.5 Å². The smallest absolute Gasteiger partial charge is 0.263 e. The quantitative estimate of drug-likeness (QED) is 0.214. The Balaban J connectivity index is 1.94. The Hall–Kier alpha value is -0.680. The number of nitrogens with zero attached hydrogens (tertiary/aromatic N) is 1. The minimum Gasteiger partial charge on any atom is -0.271 e. The van der Waals surface area contributed by atoms with Gasteiger partial charge in [0.05, 0.1) is 14.9 Å². The van der Waals surface area contributed by atoms with E-state index in [1.165, 1.54) is 69.1 Å². The summed E-state index contributed by atoms with van der Waals surface area (Å²) >= 11 is 4.88. The van der Waals surface area contributed by atoms with Crippen molar-refractivity contribution in [3.8, 4) is 0 Å². The Bertz CT molecular complexity index is 613. The van der Waals surface area contributed by atoms with Crippen LogP contribution in [0.1, 0.15) is 118 Å². The van der Waals surface area contributed by atoms with Gasteiger partial charge in [-0.2, -0.15) is 0 Å². The van der Waals surface area contributed by atoms with Crippen LogP contribution >= 0.6 is 27.3 Å². The molecule has 2 heterocycles. The molecule has 1 aromatic rings. The summed E-state index contributed by atoms with van der Waals surface area (Å²) in [6, 6.07) is 0.0575. The van der Waals surface area contributed by atoms with Crippen LogP contribution in [0, 0.1) is 0 Å². The van der Waals surface area contributed by atoms with E-state index in [2.05, 4.69) is 29.8 Å². The second-order valence-electron chi connectivity index (χ2n) is 7.69. The second-order valence-corrected chi connectivity index (χ2v) is 9.89. The average Bonchev–Trinajstić information content (AvgIpc) is 3.15. The molecule has 2 rings (SSSR count). The van der Waals surface area contributed by atoms with Crippen LogP contribution in [0.5, 0.6) is 0 Å². The first-order valence-electron chi connectivity index (χ1n) is 10.8. The first-order valence-corrected chi connectivity index (χ1v) is 12.4. The predicted molar refractivity (Wildman–Crippen MR) is 118 cm³/mol. The number of thiophene rings is 1. The Labute approximate surface area is 177 Å². The minimum atomic E-state index is -0.0901. The molecule has 1 unspecified atom stereocenters. The summed E-state index contributed by atoms with van der Waals surface area (Å²) in [6.45, 7) is 4.45. The van der Waals surface area contributed by atoms with Gasteiger partial charge in [-0.15, -0.1) is 11.3 Å². The summed E-state index contributed by atoms with van der Waals surface area (Å²) in [4.78, 5) is 27.4. The number of fused-ring (bicyclic) bond motifs is 1. The molecule has 1 aliphatic rings. The molecule has 27 heavy (non-hydrogen) atoms. The summed E-state index contributed by atoms with van der Waals surface area (Å²) in [5, 5.41) is 1.82. The molecule has 152 valence electrons. The van der Waals surface area contributed by atoms with E-state index in [1.54, 1.807) is 4.90 Å². The molecular weight excluding hydrogens is 422 g/mol. The fraction of sp³-hybridized carbons (Fsp3) is 0.727. The molecule has 0 saturated heterocycles. The number of imide groups is 1. The third kappa shape index (κ3) is 6.15. The largest absolute Gasteiger partial charge is 0.271 e. The van der Waals surface area contributed by atoms with Gasteiger partial charge in [0.1, 0.15) is 0 Å². The number of hydrogen-bond donors (Lipinski definition) is 0. The summed E-state index contributed by atoms with van der Waals surface area (Å²) in [5.74, 6) is -0.172. The molecule has 0 radical (unpaired) electrons. The molecule has 3 nitrogen and oxygen atoms in total. The van der Waals surface area contributed by atoms with E-state index in [0.717, 1.165) is 29.5 Å². The summed E-state index contributed by atoms with van der Waals surface area (Å²) in [6.07, 6.45) is 15.4. The maximum Gasteiger partial charge on any atom is 0.263 e. The van der Waals surface area contributed by atoms with Gasteiger partial charge < -0.3 is 0 Å². The summed E-state index contributed by atoms with van der Waals surface area (Å²) in [5.41, 5.74) is 1.18. The maximum atomic E-state index is 12.9. The second kappa shape index (κ2) is 12.0. The molecule has 1 atom stereocenters. The van der Waals surface area contributed by atoms with E-state index in [0.29, 0.717) is 11.1 Å². The Morgan fingerprint density at radius 1 is 0.852 bits per heavy atom. The van der Waals surface area contributed by atoms with E-state index < -0.39 is 0 Å². The van der Waals surface area contributed by atoms with E-state index in [4.69, 9.17) is 0 Å². The fourth-order valence-electron chi connectivity index (χ4n) is 3.91. The van der Waals surface area contributed by atoms with Crippen LogP contribution in [0.25, 0.3) is 0 Å². The van der Waals surface area contributed by atoms with Crippen LogP contribution < -0.4 is 0 Å². The lowest BCUT2D eigenvalue weighted by molar-refractivity contribution is 0.0562. The van der Waals surface area contributed by atoms with Gasteiger partial charge in [-0.05, 0) is 28.8 Å².